The lowest BCUT2D eigenvalue weighted by atomic mass is 10.2. The molecule has 0 saturated carbocycles. The molecule has 0 fully saturated rings. The van der Waals surface area contributed by atoms with Crippen molar-refractivity contribution in [3.8, 4) is 0 Å². The molecule has 126 valence electrons. The lowest BCUT2D eigenvalue weighted by Crippen LogP contribution is -2.32. The zero-order valence-electron chi connectivity index (χ0n) is 13.7. The van der Waals surface area contributed by atoms with Gasteiger partial charge in [0.25, 0.3) is 0 Å². The van der Waals surface area contributed by atoms with Crippen molar-refractivity contribution in [1.82, 2.24) is 0 Å². The number of anilines is 2. The van der Waals surface area contributed by atoms with Crippen molar-refractivity contribution in [3.63, 3.8) is 0 Å². The molecule has 0 aliphatic carbocycles. The van der Waals surface area contributed by atoms with Gasteiger partial charge in [-0.05, 0) is 38.1 Å². The van der Waals surface area contributed by atoms with E-state index in [9.17, 15) is 9.59 Å². The van der Waals surface area contributed by atoms with E-state index in [-0.39, 0.29) is 17.6 Å². The second-order valence-corrected chi connectivity index (χ2v) is 6.49. The molecule has 24 heavy (non-hydrogen) atoms. The predicted octanol–water partition coefficient (Wildman–Crippen LogP) is 3.01. The molecular weight excluding hydrogens is 322 g/mol. The van der Waals surface area contributed by atoms with E-state index in [2.05, 4.69) is 10.6 Å². The summed E-state index contributed by atoms with van der Waals surface area (Å²) < 4.78 is 0. The van der Waals surface area contributed by atoms with Gasteiger partial charge in [-0.2, -0.15) is 0 Å². The van der Waals surface area contributed by atoms with Gasteiger partial charge in [-0.1, -0.05) is 29.8 Å². The van der Waals surface area contributed by atoms with Gasteiger partial charge < -0.3 is 16.4 Å². The molecule has 6 heteroatoms. The first kappa shape index (κ1) is 17.9. The SMILES string of the molecule is Cc1ccc(NC(=O)[C@@H](C)Nc2ccccc2SCC(N)=O)cc1. The maximum atomic E-state index is 12.3. The van der Waals surface area contributed by atoms with Crippen molar-refractivity contribution in [2.75, 3.05) is 16.4 Å². The number of carbonyl (C=O) groups excluding carboxylic acids is 2. The number of hydrogen-bond acceptors (Lipinski definition) is 4. The van der Waals surface area contributed by atoms with Crippen LogP contribution in [-0.4, -0.2) is 23.6 Å². The van der Waals surface area contributed by atoms with Crippen LogP contribution in [0.4, 0.5) is 11.4 Å². The molecule has 0 aliphatic heterocycles. The van der Waals surface area contributed by atoms with Gasteiger partial charge in [-0.3, -0.25) is 9.59 Å². The maximum absolute atomic E-state index is 12.3. The number of para-hydroxylation sites is 1. The number of nitrogens with one attached hydrogen (secondary N) is 2. The number of nitrogens with two attached hydrogens (primary N) is 1. The lowest BCUT2D eigenvalue weighted by Gasteiger charge is -2.17. The Bertz CT molecular complexity index is 716. The number of amides is 2. The molecule has 0 aromatic heterocycles. The molecule has 2 amide bonds. The van der Waals surface area contributed by atoms with Crippen LogP contribution in [-0.2, 0) is 9.59 Å². The van der Waals surface area contributed by atoms with Crippen molar-refractivity contribution >= 4 is 35.0 Å². The molecule has 0 radical (unpaired) electrons. The highest BCUT2D eigenvalue weighted by Crippen LogP contribution is 2.27. The Morgan fingerprint density at radius 1 is 1.12 bits per heavy atom. The molecule has 0 heterocycles. The third-order valence-electron chi connectivity index (χ3n) is 3.34. The van der Waals surface area contributed by atoms with Gasteiger partial charge >= 0.3 is 0 Å². The van der Waals surface area contributed by atoms with Crippen LogP contribution in [0, 0.1) is 6.92 Å². The molecule has 2 aromatic rings. The standard InChI is InChI=1S/C18H21N3O2S/c1-12-7-9-14(10-8-12)21-18(23)13(2)20-15-5-3-4-6-16(15)24-11-17(19)22/h3-10,13,20H,11H2,1-2H3,(H2,19,22)(H,21,23)/t13-/m1/s1. The normalized spacial score (nSPS) is 11.6. The minimum atomic E-state index is -0.429. The zero-order chi connectivity index (χ0) is 17.5. The van der Waals surface area contributed by atoms with Crippen LogP contribution in [0.15, 0.2) is 53.4 Å². The van der Waals surface area contributed by atoms with Crippen LogP contribution in [0.2, 0.25) is 0 Å². The Balaban J connectivity index is 2.00. The minimum Gasteiger partial charge on any atom is -0.373 e. The Labute approximate surface area is 146 Å². The molecule has 0 aliphatic rings. The van der Waals surface area contributed by atoms with E-state index in [1.165, 1.54) is 11.8 Å². The van der Waals surface area contributed by atoms with Crippen LogP contribution in [0.25, 0.3) is 0 Å². The fourth-order valence-corrected chi connectivity index (χ4v) is 2.80. The molecule has 4 N–H and O–H groups in total. The van der Waals surface area contributed by atoms with Crippen LogP contribution in [0.3, 0.4) is 0 Å². The molecular formula is C18H21N3O2S. The zero-order valence-corrected chi connectivity index (χ0v) is 14.5. The summed E-state index contributed by atoms with van der Waals surface area (Å²) in [5, 5.41) is 6.06. The van der Waals surface area contributed by atoms with E-state index in [0.717, 1.165) is 21.8 Å². The predicted molar refractivity (Wildman–Crippen MR) is 99.3 cm³/mol. The van der Waals surface area contributed by atoms with Gasteiger partial charge in [0.2, 0.25) is 11.8 Å². The second-order valence-electron chi connectivity index (χ2n) is 5.47. The fraction of sp³-hybridized carbons (Fsp3) is 0.222. The summed E-state index contributed by atoms with van der Waals surface area (Å²) in [6.45, 7) is 3.79. The van der Waals surface area contributed by atoms with Gasteiger partial charge in [0.1, 0.15) is 6.04 Å². The van der Waals surface area contributed by atoms with E-state index < -0.39 is 6.04 Å². The molecule has 0 saturated heterocycles. The van der Waals surface area contributed by atoms with Crippen LogP contribution >= 0.6 is 11.8 Å². The average molecular weight is 343 g/mol. The summed E-state index contributed by atoms with van der Waals surface area (Å²) in [5.74, 6) is -0.309. The number of thioether (sulfide) groups is 1. The van der Waals surface area contributed by atoms with E-state index in [1.807, 2.05) is 55.5 Å². The van der Waals surface area contributed by atoms with Crippen LogP contribution in [0.1, 0.15) is 12.5 Å². The quantitative estimate of drug-likeness (QED) is 0.675. The van der Waals surface area contributed by atoms with Gasteiger partial charge in [0.15, 0.2) is 0 Å². The first-order chi connectivity index (χ1) is 11.5. The first-order valence-corrected chi connectivity index (χ1v) is 8.58. The highest BCUT2D eigenvalue weighted by atomic mass is 32.2. The lowest BCUT2D eigenvalue weighted by molar-refractivity contribution is -0.117. The van der Waals surface area contributed by atoms with Crippen LogP contribution < -0.4 is 16.4 Å². The number of benzene rings is 2. The number of rotatable bonds is 7. The second kappa shape index (κ2) is 8.40. The third-order valence-corrected chi connectivity index (χ3v) is 4.44. The fourth-order valence-electron chi connectivity index (χ4n) is 2.05. The summed E-state index contributed by atoms with van der Waals surface area (Å²) in [4.78, 5) is 24.2. The molecule has 0 bridgehead atoms. The maximum Gasteiger partial charge on any atom is 0.246 e. The van der Waals surface area contributed by atoms with E-state index in [0.29, 0.717) is 0 Å². The Hall–Kier alpha value is -2.47. The summed E-state index contributed by atoms with van der Waals surface area (Å²) in [6.07, 6.45) is 0. The van der Waals surface area contributed by atoms with Crippen molar-refractivity contribution in [1.29, 1.82) is 0 Å². The number of primary amides is 1. The highest BCUT2D eigenvalue weighted by Gasteiger charge is 2.14. The molecule has 1 atom stereocenters. The van der Waals surface area contributed by atoms with E-state index in [1.54, 1.807) is 6.92 Å². The Morgan fingerprint density at radius 2 is 1.79 bits per heavy atom. The largest absolute Gasteiger partial charge is 0.373 e. The molecule has 0 unspecified atom stereocenters. The molecule has 2 aromatic carbocycles. The van der Waals surface area contributed by atoms with Gasteiger partial charge in [0, 0.05) is 16.3 Å². The number of carbonyl (C=O) groups is 2. The average Bonchev–Trinajstić information content (AvgIpc) is 2.56. The van der Waals surface area contributed by atoms with Crippen molar-refractivity contribution in [2.24, 2.45) is 5.73 Å². The van der Waals surface area contributed by atoms with Crippen molar-refractivity contribution in [2.45, 2.75) is 24.8 Å². The Kier molecular flexibility index (Phi) is 6.26. The highest BCUT2D eigenvalue weighted by molar-refractivity contribution is 8.00. The minimum absolute atomic E-state index is 0.131. The Morgan fingerprint density at radius 3 is 2.46 bits per heavy atom. The molecule has 2 rings (SSSR count). The van der Waals surface area contributed by atoms with Crippen LogP contribution in [0.5, 0.6) is 0 Å². The molecule has 0 spiro atoms. The first-order valence-electron chi connectivity index (χ1n) is 7.60. The number of aryl methyl sites for hydroxylation is 1. The number of hydrogen-bond donors (Lipinski definition) is 3. The summed E-state index contributed by atoms with van der Waals surface area (Å²) in [5.41, 5.74) is 7.89. The third kappa shape index (κ3) is 5.31. The summed E-state index contributed by atoms with van der Waals surface area (Å²) in [7, 11) is 0. The van der Waals surface area contributed by atoms with Gasteiger partial charge in [0.05, 0.1) is 5.75 Å². The monoisotopic (exact) mass is 343 g/mol. The summed E-state index contributed by atoms with van der Waals surface area (Å²) >= 11 is 1.35. The summed E-state index contributed by atoms with van der Waals surface area (Å²) in [6, 6.07) is 14.7. The smallest absolute Gasteiger partial charge is 0.246 e. The van der Waals surface area contributed by atoms with E-state index in [4.69, 9.17) is 5.73 Å². The van der Waals surface area contributed by atoms with Crippen molar-refractivity contribution in [3.05, 3.63) is 54.1 Å². The van der Waals surface area contributed by atoms with E-state index >= 15 is 0 Å². The topological polar surface area (TPSA) is 84.2 Å². The van der Waals surface area contributed by atoms with Gasteiger partial charge in [-0.15, -0.1) is 11.8 Å². The van der Waals surface area contributed by atoms with Crippen molar-refractivity contribution < 1.29 is 9.59 Å². The molecule has 5 nitrogen and oxygen atoms in total. The van der Waals surface area contributed by atoms with Gasteiger partial charge in [-0.25, -0.2) is 0 Å².